The van der Waals surface area contributed by atoms with Crippen molar-refractivity contribution in [2.24, 2.45) is 0 Å². The monoisotopic (exact) mass is 231 g/mol. The van der Waals surface area contributed by atoms with Crippen LogP contribution in [0.5, 0.6) is 0 Å². The molecular weight excluding hydrogens is 202 g/mol. The second kappa shape index (κ2) is 10.1. The Balaban J connectivity index is 3.65. The van der Waals surface area contributed by atoms with E-state index >= 15 is 0 Å². The summed E-state index contributed by atoms with van der Waals surface area (Å²) in [6, 6.07) is 0. The molecule has 0 aliphatic carbocycles. The first-order valence-electron chi connectivity index (χ1n) is 6.64. The maximum atomic E-state index is 9.35. The lowest BCUT2D eigenvalue weighted by atomic mass is 10.1. The summed E-state index contributed by atoms with van der Waals surface area (Å²) in [6.45, 7) is 8.13. The number of nitrogens with zero attached hydrogens (tertiary/aromatic N) is 1. The maximum Gasteiger partial charge on any atom is 0.0639 e. The van der Waals surface area contributed by atoms with Gasteiger partial charge in [0, 0.05) is 13.1 Å². The molecule has 0 aromatic carbocycles. The third kappa shape index (κ3) is 10.4. The molecule has 0 aromatic heterocycles. The van der Waals surface area contributed by atoms with Crippen molar-refractivity contribution in [1.29, 1.82) is 0 Å². The summed E-state index contributed by atoms with van der Waals surface area (Å²) < 4.78 is 0. The molecule has 16 heavy (non-hydrogen) atoms. The molecule has 0 spiro atoms. The predicted octanol–water partition coefficient (Wildman–Crippen LogP) is 2.02. The van der Waals surface area contributed by atoms with Crippen molar-refractivity contribution in [3.63, 3.8) is 0 Å². The van der Waals surface area contributed by atoms with Crippen molar-refractivity contribution in [3.05, 3.63) is 0 Å². The number of rotatable bonds is 10. The molecule has 0 bridgehead atoms. The first-order valence-corrected chi connectivity index (χ1v) is 6.64. The van der Waals surface area contributed by atoms with Gasteiger partial charge in [0.05, 0.1) is 12.2 Å². The Morgan fingerprint density at radius 1 is 0.875 bits per heavy atom. The van der Waals surface area contributed by atoms with E-state index in [4.69, 9.17) is 0 Å². The molecule has 0 saturated carbocycles. The molecule has 0 aliphatic rings. The zero-order chi connectivity index (χ0) is 12.4. The molecule has 98 valence electrons. The fraction of sp³-hybridized carbons (Fsp3) is 1.00. The molecule has 2 N–H and O–H groups in total. The van der Waals surface area contributed by atoms with E-state index in [1.807, 2.05) is 0 Å². The Bertz CT molecular complexity index is 139. The van der Waals surface area contributed by atoms with Gasteiger partial charge >= 0.3 is 0 Å². The van der Waals surface area contributed by atoms with Gasteiger partial charge in [0.25, 0.3) is 0 Å². The molecule has 0 heterocycles. The highest BCUT2D eigenvalue weighted by Gasteiger charge is 2.10. The molecule has 0 saturated heterocycles. The van der Waals surface area contributed by atoms with Crippen LogP contribution in [0.1, 0.15) is 52.9 Å². The van der Waals surface area contributed by atoms with Gasteiger partial charge in [0.15, 0.2) is 0 Å². The number of unbranched alkanes of at least 4 members (excludes halogenated alkanes) is 4. The van der Waals surface area contributed by atoms with Crippen molar-refractivity contribution in [1.82, 2.24) is 4.90 Å². The van der Waals surface area contributed by atoms with Crippen LogP contribution in [-0.2, 0) is 0 Å². The predicted molar refractivity (Wildman–Crippen MR) is 68.6 cm³/mol. The van der Waals surface area contributed by atoms with Crippen LogP contribution in [0.2, 0.25) is 0 Å². The third-order valence-corrected chi connectivity index (χ3v) is 2.62. The van der Waals surface area contributed by atoms with Gasteiger partial charge in [-0.05, 0) is 26.8 Å². The summed E-state index contributed by atoms with van der Waals surface area (Å²) in [5.74, 6) is 0. The van der Waals surface area contributed by atoms with Crippen LogP contribution < -0.4 is 0 Å². The van der Waals surface area contributed by atoms with Crippen molar-refractivity contribution in [3.8, 4) is 0 Å². The van der Waals surface area contributed by atoms with E-state index in [2.05, 4.69) is 11.8 Å². The zero-order valence-corrected chi connectivity index (χ0v) is 11.2. The van der Waals surface area contributed by atoms with Crippen molar-refractivity contribution in [2.45, 2.75) is 65.1 Å². The summed E-state index contributed by atoms with van der Waals surface area (Å²) in [7, 11) is 0. The molecule has 2 atom stereocenters. The fourth-order valence-corrected chi connectivity index (χ4v) is 1.94. The van der Waals surface area contributed by atoms with Crippen molar-refractivity contribution in [2.75, 3.05) is 19.6 Å². The van der Waals surface area contributed by atoms with Crippen LogP contribution in [-0.4, -0.2) is 47.0 Å². The van der Waals surface area contributed by atoms with Crippen molar-refractivity contribution < 1.29 is 10.2 Å². The summed E-state index contributed by atoms with van der Waals surface area (Å²) >= 11 is 0. The lowest BCUT2D eigenvalue weighted by Crippen LogP contribution is -2.36. The minimum atomic E-state index is -0.311. The van der Waals surface area contributed by atoms with E-state index < -0.39 is 0 Å². The molecule has 0 fully saturated rings. The minimum absolute atomic E-state index is 0.311. The van der Waals surface area contributed by atoms with E-state index in [1.54, 1.807) is 13.8 Å². The van der Waals surface area contributed by atoms with Gasteiger partial charge in [-0.25, -0.2) is 0 Å². The second-order valence-corrected chi connectivity index (χ2v) is 4.87. The fourth-order valence-electron chi connectivity index (χ4n) is 1.94. The summed E-state index contributed by atoms with van der Waals surface area (Å²) in [6.07, 6.45) is 5.68. The van der Waals surface area contributed by atoms with Gasteiger partial charge in [-0.15, -0.1) is 0 Å². The summed E-state index contributed by atoms with van der Waals surface area (Å²) in [5, 5.41) is 18.7. The normalized spacial score (nSPS) is 15.4. The standard InChI is InChI=1S/C13H29NO2/c1-4-5-6-7-8-9-14(10-12(2)15)11-13(3)16/h12-13,15-16H,4-11H2,1-3H3. The quantitative estimate of drug-likeness (QED) is 0.565. The van der Waals surface area contributed by atoms with Gasteiger partial charge in [-0.2, -0.15) is 0 Å². The van der Waals surface area contributed by atoms with Gasteiger partial charge in [-0.3, -0.25) is 4.90 Å². The molecule has 0 amide bonds. The molecule has 0 aromatic rings. The molecule has 3 nitrogen and oxygen atoms in total. The van der Waals surface area contributed by atoms with Gasteiger partial charge in [-0.1, -0.05) is 32.6 Å². The highest BCUT2D eigenvalue weighted by Crippen LogP contribution is 2.05. The van der Waals surface area contributed by atoms with E-state index in [-0.39, 0.29) is 12.2 Å². The van der Waals surface area contributed by atoms with Crippen LogP contribution in [0, 0.1) is 0 Å². The van der Waals surface area contributed by atoms with E-state index in [0.29, 0.717) is 13.1 Å². The van der Waals surface area contributed by atoms with E-state index in [9.17, 15) is 10.2 Å². The number of hydrogen-bond acceptors (Lipinski definition) is 3. The molecule has 2 unspecified atom stereocenters. The highest BCUT2D eigenvalue weighted by molar-refractivity contribution is 4.64. The molecule has 3 heteroatoms. The number of aliphatic hydroxyl groups excluding tert-OH is 2. The average Bonchev–Trinajstić information content (AvgIpc) is 2.15. The van der Waals surface area contributed by atoms with Gasteiger partial charge in [0.2, 0.25) is 0 Å². The molecule has 0 rings (SSSR count). The Labute approximate surface area is 100 Å². The van der Waals surface area contributed by atoms with E-state index in [1.165, 1.54) is 32.1 Å². The Morgan fingerprint density at radius 2 is 1.38 bits per heavy atom. The zero-order valence-electron chi connectivity index (χ0n) is 11.2. The molecule has 0 radical (unpaired) electrons. The first-order chi connectivity index (χ1) is 7.56. The van der Waals surface area contributed by atoms with Crippen LogP contribution in [0.3, 0.4) is 0 Å². The highest BCUT2D eigenvalue weighted by atomic mass is 16.3. The number of aliphatic hydroxyl groups is 2. The van der Waals surface area contributed by atoms with Gasteiger partial charge in [0.1, 0.15) is 0 Å². The topological polar surface area (TPSA) is 43.7 Å². The lowest BCUT2D eigenvalue weighted by molar-refractivity contribution is 0.0825. The van der Waals surface area contributed by atoms with Crippen LogP contribution >= 0.6 is 0 Å². The third-order valence-electron chi connectivity index (χ3n) is 2.62. The molecular formula is C13H29NO2. The average molecular weight is 231 g/mol. The maximum absolute atomic E-state index is 9.35. The first kappa shape index (κ1) is 15.9. The largest absolute Gasteiger partial charge is 0.392 e. The summed E-state index contributed by atoms with van der Waals surface area (Å²) in [5.41, 5.74) is 0. The van der Waals surface area contributed by atoms with Crippen molar-refractivity contribution >= 4 is 0 Å². The smallest absolute Gasteiger partial charge is 0.0639 e. The lowest BCUT2D eigenvalue weighted by Gasteiger charge is -2.24. The Kier molecular flexibility index (Phi) is 9.99. The minimum Gasteiger partial charge on any atom is -0.392 e. The van der Waals surface area contributed by atoms with Crippen LogP contribution in [0.15, 0.2) is 0 Å². The van der Waals surface area contributed by atoms with Crippen LogP contribution in [0.25, 0.3) is 0 Å². The number of hydrogen-bond donors (Lipinski definition) is 2. The SMILES string of the molecule is CCCCCCCN(CC(C)O)CC(C)O. The Morgan fingerprint density at radius 3 is 1.81 bits per heavy atom. The second-order valence-electron chi connectivity index (χ2n) is 4.87. The van der Waals surface area contributed by atoms with Gasteiger partial charge < -0.3 is 10.2 Å². The molecule has 0 aliphatic heterocycles. The Hall–Kier alpha value is -0.120. The summed E-state index contributed by atoms with van der Waals surface area (Å²) in [4.78, 5) is 2.15. The van der Waals surface area contributed by atoms with Crippen LogP contribution in [0.4, 0.5) is 0 Å². The van der Waals surface area contributed by atoms with E-state index in [0.717, 1.165) is 6.54 Å².